The number of carboxylic acid groups (broad SMARTS) is 1. The summed E-state index contributed by atoms with van der Waals surface area (Å²) in [5.74, 6) is 4.11. The van der Waals surface area contributed by atoms with E-state index in [4.69, 9.17) is 4.74 Å². The van der Waals surface area contributed by atoms with Crippen molar-refractivity contribution in [2.24, 2.45) is 0 Å². The normalized spacial score (nSPS) is 18.9. The second-order valence-electron chi connectivity index (χ2n) is 9.48. The summed E-state index contributed by atoms with van der Waals surface area (Å²) in [4.78, 5) is 25.7. The number of ether oxygens (including phenoxy) is 1. The predicted octanol–water partition coefficient (Wildman–Crippen LogP) is 7.20. The number of aliphatic carboxylic acids is 1. The number of hydrogen-bond donors (Lipinski definition) is 1. The largest absolute Gasteiger partial charge is 0.481 e. The molecule has 0 aromatic heterocycles. The smallest absolute Gasteiger partial charge is 0.314 e. The van der Waals surface area contributed by atoms with Crippen molar-refractivity contribution >= 4 is 11.9 Å². The van der Waals surface area contributed by atoms with Crippen LogP contribution in [0.25, 0.3) is 0 Å². The van der Waals surface area contributed by atoms with Crippen molar-refractivity contribution in [3.63, 3.8) is 0 Å². The molecular weight excluding hydrogens is 450 g/mol. The molecule has 2 heterocycles. The van der Waals surface area contributed by atoms with Crippen molar-refractivity contribution in [2.45, 2.75) is 122 Å². The average Bonchev–Trinajstić information content (AvgIpc) is 3.08. The van der Waals surface area contributed by atoms with Crippen molar-refractivity contribution in [3.8, 4) is 11.8 Å². The van der Waals surface area contributed by atoms with Gasteiger partial charge in [0.2, 0.25) is 0 Å². The Kier molecular flexibility index (Phi) is 17.5. The molecular formula is C31H49NO4. The summed E-state index contributed by atoms with van der Waals surface area (Å²) >= 11 is 0. The number of rotatable bonds is 11. The molecule has 3 atom stereocenters. The van der Waals surface area contributed by atoms with Gasteiger partial charge >= 0.3 is 11.9 Å². The van der Waals surface area contributed by atoms with Gasteiger partial charge in [0.25, 0.3) is 0 Å². The molecule has 2 aliphatic rings. The van der Waals surface area contributed by atoms with E-state index in [9.17, 15) is 14.7 Å². The maximum atomic E-state index is 11.8. The third kappa shape index (κ3) is 12.6. The highest BCUT2D eigenvalue weighted by atomic mass is 16.5. The van der Waals surface area contributed by atoms with E-state index in [0.717, 1.165) is 37.8 Å². The molecule has 5 nitrogen and oxygen atoms in total. The molecule has 2 bridgehead atoms. The Labute approximate surface area is 220 Å². The molecule has 5 heteroatoms. The number of unbranched alkanes of at least 4 members (excludes halogenated alkanes) is 5. The Hall–Kier alpha value is -2.32. The summed E-state index contributed by atoms with van der Waals surface area (Å²) in [6.07, 6.45) is 14.6. The van der Waals surface area contributed by atoms with E-state index in [0.29, 0.717) is 18.4 Å². The number of nitrogens with zero attached hydrogens (tertiary/aromatic N) is 1. The van der Waals surface area contributed by atoms with Crippen molar-refractivity contribution in [1.82, 2.24) is 4.90 Å². The highest BCUT2D eigenvalue weighted by molar-refractivity contribution is 5.77. The number of hydrogen-bond acceptors (Lipinski definition) is 4. The monoisotopic (exact) mass is 499 g/mol. The molecule has 1 aromatic carbocycles. The lowest BCUT2D eigenvalue weighted by Crippen LogP contribution is -2.35. The minimum atomic E-state index is -0.989. The molecule has 3 unspecified atom stereocenters. The van der Waals surface area contributed by atoms with Crippen molar-refractivity contribution in [2.75, 3.05) is 13.7 Å². The molecule has 2 fully saturated rings. The van der Waals surface area contributed by atoms with E-state index in [1.165, 1.54) is 44.9 Å². The third-order valence-electron chi connectivity index (χ3n) is 6.93. The molecule has 0 spiro atoms. The zero-order valence-electron chi connectivity index (χ0n) is 23.1. The summed E-state index contributed by atoms with van der Waals surface area (Å²) in [7, 11) is 2.29. The van der Waals surface area contributed by atoms with Gasteiger partial charge in [0.15, 0.2) is 0 Å². The SMILES string of the molecule is CC.CCCCCC#CCCCCC(=O)OCC(C(=O)O)c1ccccc1.CN1C2CCCC1CC2. The Balaban J connectivity index is 0.000000481. The van der Waals surface area contributed by atoms with Gasteiger partial charge < -0.3 is 14.7 Å². The van der Waals surface area contributed by atoms with Gasteiger partial charge in [-0.15, -0.1) is 11.8 Å². The van der Waals surface area contributed by atoms with Crippen LogP contribution in [0.1, 0.15) is 116 Å². The molecule has 202 valence electrons. The van der Waals surface area contributed by atoms with Crippen LogP contribution < -0.4 is 0 Å². The van der Waals surface area contributed by atoms with Gasteiger partial charge in [-0.05, 0) is 57.6 Å². The summed E-state index contributed by atoms with van der Waals surface area (Å²) in [5.41, 5.74) is 0.640. The van der Waals surface area contributed by atoms with Crippen molar-refractivity contribution in [1.29, 1.82) is 0 Å². The first-order valence-electron chi connectivity index (χ1n) is 14.1. The number of benzene rings is 1. The minimum absolute atomic E-state index is 0.130. The van der Waals surface area contributed by atoms with Crippen LogP contribution in [0.4, 0.5) is 0 Å². The second kappa shape index (κ2) is 19.8. The molecule has 2 aliphatic heterocycles. The van der Waals surface area contributed by atoms with Crippen molar-refractivity contribution in [3.05, 3.63) is 35.9 Å². The van der Waals surface area contributed by atoms with Gasteiger partial charge in [-0.1, -0.05) is 70.4 Å². The van der Waals surface area contributed by atoms with Crippen LogP contribution in [0.2, 0.25) is 0 Å². The minimum Gasteiger partial charge on any atom is -0.481 e. The van der Waals surface area contributed by atoms with Crippen LogP contribution in [0.15, 0.2) is 30.3 Å². The fourth-order valence-electron chi connectivity index (χ4n) is 4.74. The third-order valence-corrected chi connectivity index (χ3v) is 6.93. The fraction of sp³-hybridized carbons (Fsp3) is 0.677. The van der Waals surface area contributed by atoms with E-state index in [1.807, 2.05) is 19.9 Å². The van der Waals surface area contributed by atoms with E-state index in [1.54, 1.807) is 24.3 Å². The summed E-state index contributed by atoms with van der Waals surface area (Å²) < 4.78 is 5.14. The Morgan fingerprint density at radius 3 is 2.08 bits per heavy atom. The standard InChI is InChI=1S/C21H28O4.C8H15N.C2H6/c1-2-3-4-5-6-7-8-9-13-16-20(22)25-17-19(21(23)24)18-14-11-10-12-15-18;1-9-7-3-2-4-8(9)6-5-7;1-2/h10-12,14-15,19H,2-5,8-9,13,16-17H2,1H3,(H,23,24);7-8H,2-6H2,1H3;1-2H3. The zero-order chi connectivity index (χ0) is 26.6. The van der Waals surface area contributed by atoms with Gasteiger partial charge in [-0.3, -0.25) is 9.59 Å². The molecule has 36 heavy (non-hydrogen) atoms. The highest BCUT2D eigenvalue weighted by Crippen LogP contribution is 2.33. The maximum absolute atomic E-state index is 11.8. The van der Waals surface area contributed by atoms with Crippen molar-refractivity contribution < 1.29 is 19.4 Å². The van der Waals surface area contributed by atoms with E-state index in [2.05, 4.69) is 30.7 Å². The van der Waals surface area contributed by atoms with Crippen LogP contribution in [-0.2, 0) is 14.3 Å². The predicted molar refractivity (Wildman–Crippen MR) is 148 cm³/mol. The number of carbonyl (C=O) groups is 2. The molecule has 1 aromatic rings. The molecule has 1 N–H and O–H groups in total. The van der Waals surface area contributed by atoms with Crippen LogP contribution >= 0.6 is 0 Å². The first-order valence-corrected chi connectivity index (χ1v) is 14.1. The Morgan fingerprint density at radius 2 is 1.56 bits per heavy atom. The summed E-state index contributed by atoms with van der Waals surface area (Å²) in [5, 5.41) is 9.28. The van der Waals surface area contributed by atoms with Crippen LogP contribution in [0.3, 0.4) is 0 Å². The Morgan fingerprint density at radius 1 is 0.972 bits per heavy atom. The molecule has 0 amide bonds. The summed E-state index contributed by atoms with van der Waals surface area (Å²) in [6, 6.07) is 10.7. The Bertz CT molecular complexity index is 767. The molecule has 2 saturated heterocycles. The highest BCUT2D eigenvalue weighted by Gasteiger charge is 2.33. The van der Waals surface area contributed by atoms with E-state index < -0.39 is 11.9 Å². The first-order chi connectivity index (χ1) is 17.5. The molecule has 0 saturated carbocycles. The number of piperidine rings is 1. The van der Waals surface area contributed by atoms with Gasteiger partial charge in [0, 0.05) is 31.3 Å². The van der Waals surface area contributed by atoms with E-state index in [-0.39, 0.29) is 12.6 Å². The van der Waals surface area contributed by atoms with Crippen LogP contribution in [0.5, 0.6) is 0 Å². The van der Waals surface area contributed by atoms with E-state index >= 15 is 0 Å². The lowest BCUT2D eigenvalue weighted by molar-refractivity contribution is -0.148. The molecule has 0 aliphatic carbocycles. The second-order valence-corrected chi connectivity index (χ2v) is 9.48. The number of carboxylic acids is 1. The van der Waals surface area contributed by atoms with Crippen LogP contribution in [-0.4, -0.2) is 47.7 Å². The zero-order valence-corrected chi connectivity index (χ0v) is 23.1. The number of esters is 1. The fourth-order valence-corrected chi connectivity index (χ4v) is 4.74. The summed E-state index contributed by atoms with van der Waals surface area (Å²) in [6.45, 7) is 6.04. The quantitative estimate of drug-likeness (QED) is 0.198. The van der Waals surface area contributed by atoms with Gasteiger partial charge in [0.05, 0.1) is 0 Å². The topological polar surface area (TPSA) is 66.8 Å². The molecule has 3 rings (SSSR count). The lowest BCUT2D eigenvalue weighted by Gasteiger charge is -2.30. The number of carbonyl (C=O) groups excluding carboxylic acids is 1. The molecule has 0 radical (unpaired) electrons. The van der Waals surface area contributed by atoms with Gasteiger partial charge in [-0.2, -0.15) is 0 Å². The van der Waals surface area contributed by atoms with Gasteiger partial charge in [-0.25, -0.2) is 0 Å². The number of fused-ring (bicyclic) bond motifs is 2. The average molecular weight is 500 g/mol. The first kappa shape index (κ1) is 31.7. The van der Waals surface area contributed by atoms with Gasteiger partial charge in [0.1, 0.15) is 12.5 Å². The van der Waals surface area contributed by atoms with Crippen LogP contribution in [0, 0.1) is 11.8 Å². The lowest BCUT2D eigenvalue weighted by atomic mass is 10.0. The maximum Gasteiger partial charge on any atom is 0.314 e.